The van der Waals surface area contributed by atoms with Gasteiger partial charge in [0, 0.05) is 36.7 Å². The summed E-state index contributed by atoms with van der Waals surface area (Å²) in [6.45, 7) is 2.31. The van der Waals surface area contributed by atoms with Crippen LogP contribution in [0.1, 0.15) is 31.2 Å². The number of amides is 1. The molecular formula is C26H26N4O5S. The molecule has 1 unspecified atom stereocenters. The highest BCUT2D eigenvalue weighted by Crippen LogP contribution is 2.40. The van der Waals surface area contributed by atoms with Crippen LogP contribution < -0.4 is 10.1 Å². The van der Waals surface area contributed by atoms with Crippen molar-refractivity contribution in [3.63, 3.8) is 0 Å². The third-order valence-electron chi connectivity index (χ3n) is 7.30. The van der Waals surface area contributed by atoms with Gasteiger partial charge in [-0.15, -0.1) is 0 Å². The number of carboxylic acid groups (broad SMARTS) is 1. The summed E-state index contributed by atoms with van der Waals surface area (Å²) in [5.41, 5.74) is 0.432. The minimum absolute atomic E-state index is 0.0938. The highest BCUT2D eigenvalue weighted by molar-refractivity contribution is 7.20. The van der Waals surface area contributed by atoms with E-state index in [1.165, 1.54) is 11.3 Å². The van der Waals surface area contributed by atoms with Crippen LogP contribution in [0.4, 0.5) is 0 Å². The first kappa shape index (κ1) is 22.9. The van der Waals surface area contributed by atoms with E-state index in [4.69, 9.17) is 9.15 Å². The predicted octanol–water partition coefficient (Wildman–Crippen LogP) is 4.22. The SMILES string of the molecule is O=C(O)C1(Cc2coc3cc(Oc4nc5ncccc5s4)ccc23)CCCN(C2CCNCC2)C1=O. The van der Waals surface area contributed by atoms with Crippen molar-refractivity contribution in [1.29, 1.82) is 0 Å². The summed E-state index contributed by atoms with van der Waals surface area (Å²) in [5.74, 6) is -0.780. The van der Waals surface area contributed by atoms with Gasteiger partial charge in [0.25, 0.3) is 5.19 Å². The van der Waals surface area contributed by atoms with E-state index in [9.17, 15) is 14.7 Å². The number of rotatable bonds is 6. The molecule has 5 heterocycles. The van der Waals surface area contributed by atoms with Gasteiger partial charge in [-0.05, 0) is 68.6 Å². The summed E-state index contributed by atoms with van der Waals surface area (Å²) in [6, 6.07) is 9.30. The fraction of sp³-hybridized carbons (Fsp3) is 0.385. The second-order valence-electron chi connectivity index (χ2n) is 9.47. The zero-order chi connectivity index (χ0) is 24.7. The molecule has 1 amide bonds. The molecule has 4 aromatic rings. The zero-order valence-corrected chi connectivity index (χ0v) is 20.4. The molecule has 1 aromatic carbocycles. The molecule has 0 bridgehead atoms. The van der Waals surface area contributed by atoms with E-state index < -0.39 is 11.4 Å². The zero-order valence-electron chi connectivity index (χ0n) is 19.6. The number of carboxylic acids is 1. The van der Waals surface area contributed by atoms with E-state index in [0.29, 0.717) is 47.1 Å². The largest absolute Gasteiger partial charge is 0.480 e. The summed E-state index contributed by atoms with van der Waals surface area (Å²) >= 11 is 1.40. The number of hydrogen-bond acceptors (Lipinski definition) is 8. The van der Waals surface area contributed by atoms with Gasteiger partial charge in [0.05, 0.1) is 11.0 Å². The lowest BCUT2D eigenvalue weighted by Crippen LogP contribution is -2.58. The number of aromatic nitrogens is 2. The van der Waals surface area contributed by atoms with Crippen LogP contribution in [0.5, 0.6) is 10.9 Å². The number of pyridine rings is 1. The van der Waals surface area contributed by atoms with Crippen molar-refractivity contribution in [2.75, 3.05) is 19.6 Å². The summed E-state index contributed by atoms with van der Waals surface area (Å²) in [4.78, 5) is 36.7. The van der Waals surface area contributed by atoms with Crippen LogP contribution in [0.15, 0.2) is 47.2 Å². The Bertz CT molecular complexity index is 1410. The molecule has 186 valence electrons. The molecule has 1 atom stereocenters. The third-order valence-corrected chi connectivity index (χ3v) is 8.19. The van der Waals surface area contributed by atoms with Gasteiger partial charge < -0.3 is 24.5 Å². The van der Waals surface area contributed by atoms with Gasteiger partial charge in [-0.1, -0.05) is 11.3 Å². The van der Waals surface area contributed by atoms with Crippen molar-refractivity contribution in [3.05, 3.63) is 48.4 Å². The highest BCUT2D eigenvalue weighted by Gasteiger charge is 2.52. The van der Waals surface area contributed by atoms with Crippen molar-refractivity contribution >= 4 is 44.5 Å². The molecular weight excluding hydrogens is 480 g/mol. The van der Waals surface area contributed by atoms with E-state index in [2.05, 4.69) is 15.3 Å². The van der Waals surface area contributed by atoms with Gasteiger partial charge >= 0.3 is 5.97 Å². The normalized spacial score (nSPS) is 21.3. The van der Waals surface area contributed by atoms with Gasteiger partial charge in [0.2, 0.25) is 5.91 Å². The molecule has 36 heavy (non-hydrogen) atoms. The first-order valence-corrected chi connectivity index (χ1v) is 13.0. The van der Waals surface area contributed by atoms with Crippen molar-refractivity contribution in [2.24, 2.45) is 5.41 Å². The molecule has 9 nitrogen and oxygen atoms in total. The van der Waals surface area contributed by atoms with Crippen molar-refractivity contribution in [1.82, 2.24) is 20.2 Å². The third kappa shape index (κ3) is 4.00. The Kier molecular flexibility index (Phi) is 5.85. The van der Waals surface area contributed by atoms with Gasteiger partial charge in [-0.2, -0.15) is 4.98 Å². The Hall–Kier alpha value is -3.50. The number of nitrogens with one attached hydrogen (secondary N) is 1. The number of likely N-dealkylation sites (tertiary alicyclic amines) is 1. The molecule has 2 N–H and O–H groups in total. The number of carbonyl (C=O) groups is 2. The molecule has 6 rings (SSSR count). The lowest BCUT2D eigenvalue weighted by Gasteiger charge is -2.44. The first-order chi connectivity index (χ1) is 17.5. The van der Waals surface area contributed by atoms with Gasteiger partial charge in [-0.25, -0.2) is 4.98 Å². The van der Waals surface area contributed by atoms with Crippen molar-refractivity contribution < 1.29 is 23.8 Å². The van der Waals surface area contributed by atoms with Crippen LogP contribution in [-0.4, -0.2) is 57.5 Å². The van der Waals surface area contributed by atoms with Crippen LogP contribution in [0.2, 0.25) is 0 Å². The molecule has 2 fully saturated rings. The van der Waals surface area contributed by atoms with Gasteiger partial charge in [0.15, 0.2) is 11.1 Å². The lowest BCUT2D eigenvalue weighted by molar-refractivity contribution is -0.166. The smallest absolute Gasteiger partial charge is 0.319 e. The Morgan fingerprint density at radius 2 is 2.17 bits per heavy atom. The highest BCUT2D eigenvalue weighted by atomic mass is 32.1. The van der Waals surface area contributed by atoms with Crippen LogP contribution in [-0.2, 0) is 16.0 Å². The van der Waals surface area contributed by atoms with Crippen molar-refractivity contribution in [2.45, 2.75) is 38.1 Å². The molecule has 3 aromatic heterocycles. The topological polar surface area (TPSA) is 118 Å². The summed E-state index contributed by atoms with van der Waals surface area (Å²) in [5, 5.41) is 14.9. The van der Waals surface area contributed by atoms with E-state index in [-0.39, 0.29) is 18.4 Å². The Morgan fingerprint density at radius 1 is 1.31 bits per heavy atom. The fourth-order valence-electron chi connectivity index (χ4n) is 5.42. The van der Waals surface area contributed by atoms with E-state index in [1.807, 2.05) is 23.1 Å². The number of ether oxygens (including phenoxy) is 1. The number of aliphatic carboxylic acids is 1. The molecule has 2 saturated heterocycles. The predicted molar refractivity (Wildman–Crippen MR) is 134 cm³/mol. The molecule has 0 spiro atoms. The van der Waals surface area contributed by atoms with E-state index in [0.717, 1.165) is 36.0 Å². The number of piperidine rings is 2. The number of benzene rings is 1. The monoisotopic (exact) mass is 506 g/mol. The number of nitrogens with zero attached hydrogens (tertiary/aromatic N) is 3. The number of hydrogen-bond donors (Lipinski definition) is 2. The number of thiazole rings is 1. The summed E-state index contributed by atoms with van der Waals surface area (Å²) in [6.07, 6.45) is 6.05. The van der Waals surface area contributed by atoms with E-state index in [1.54, 1.807) is 24.6 Å². The van der Waals surface area contributed by atoms with Crippen LogP contribution >= 0.6 is 11.3 Å². The van der Waals surface area contributed by atoms with Crippen molar-refractivity contribution in [3.8, 4) is 10.9 Å². The quantitative estimate of drug-likeness (QED) is 0.373. The fourth-order valence-corrected chi connectivity index (χ4v) is 6.22. The van der Waals surface area contributed by atoms with Crippen LogP contribution in [0, 0.1) is 5.41 Å². The second kappa shape index (κ2) is 9.18. The average molecular weight is 507 g/mol. The maximum absolute atomic E-state index is 13.6. The minimum Gasteiger partial charge on any atom is -0.480 e. The maximum atomic E-state index is 13.6. The maximum Gasteiger partial charge on any atom is 0.319 e. The lowest BCUT2D eigenvalue weighted by atomic mass is 9.73. The Labute approximate surface area is 211 Å². The van der Waals surface area contributed by atoms with Crippen LogP contribution in [0.25, 0.3) is 21.3 Å². The molecule has 2 aliphatic heterocycles. The van der Waals surface area contributed by atoms with Gasteiger partial charge in [-0.3, -0.25) is 9.59 Å². The molecule has 10 heteroatoms. The number of fused-ring (bicyclic) bond motifs is 2. The summed E-state index contributed by atoms with van der Waals surface area (Å²) in [7, 11) is 0. The number of furan rings is 1. The summed E-state index contributed by atoms with van der Waals surface area (Å²) < 4.78 is 12.7. The van der Waals surface area contributed by atoms with E-state index >= 15 is 0 Å². The van der Waals surface area contributed by atoms with Crippen LogP contribution in [0.3, 0.4) is 0 Å². The second-order valence-corrected chi connectivity index (χ2v) is 10.5. The molecule has 0 radical (unpaired) electrons. The standard InChI is InChI=1S/C26H26N4O5S/c31-23-26(24(32)33,8-2-12-30(23)17-6-10-27-11-7-17)14-16-15-34-20-13-18(4-5-19(16)20)35-25-29-22-21(36-25)3-1-9-28-22/h1,3-5,9,13,15,17,27H,2,6-8,10-12,14H2,(H,32,33). The Morgan fingerprint density at radius 3 is 2.97 bits per heavy atom. The average Bonchev–Trinajstić information content (AvgIpc) is 3.48. The van der Waals surface area contributed by atoms with Gasteiger partial charge in [0.1, 0.15) is 11.3 Å². The molecule has 0 aliphatic carbocycles. The Balaban J connectivity index is 1.26. The minimum atomic E-state index is -1.48. The molecule has 2 aliphatic rings. The molecule has 0 saturated carbocycles. The number of carbonyl (C=O) groups excluding carboxylic acids is 1. The first-order valence-electron chi connectivity index (χ1n) is 12.2.